The smallest absolute Gasteiger partial charge is 0.408 e. The molecule has 0 fully saturated rings. The molecular weight excluding hydrogens is 206 g/mol. The first-order valence-corrected chi connectivity index (χ1v) is 5.25. The molecule has 16 heavy (non-hydrogen) atoms. The van der Waals surface area contributed by atoms with Crippen molar-refractivity contribution in [3.8, 4) is 0 Å². The fraction of sp³-hybridized carbons (Fsp3) is 0.636. The maximum Gasteiger partial charge on any atom is 0.408 e. The summed E-state index contributed by atoms with van der Waals surface area (Å²) in [5.74, 6) is 0. The van der Waals surface area contributed by atoms with E-state index in [4.69, 9.17) is 4.74 Å². The summed E-state index contributed by atoms with van der Waals surface area (Å²) < 4.78 is 6.99. The lowest BCUT2D eigenvalue weighted by atomic mass is 10.2. The van der Waals surface area contributed by atoms with Crippen molar-refractivity contribution in [2.24, 2.45) is 7.05 Å². The van der Waals surface area contributed by atoms with E-state index in [-0.39, 0.29) is 6.04 Å². The Kier molecular flexibility index (Phi) is 3.57. The molecule has 1 rings (SSSR count). The summed E-state index contributed by atoms with van der Waals surface area (Å²) in [5, 5.41) is 2.73. The molecule has 0 aromatic carbocycles. The Morgan fingerprint density at radius 2 is 2.19 bits per heavy atom. The van der Waals surface area contributed by atoms with Crippen LogP contribution >= 0.6 is 0 Å². The Balaban J connectivity index is 2.52. The molecule has 0 radical (unpaired) electrons. The van der Waals surface area contributed by atoms with Crippen molar-refractivity contribution in [2.45, 2.75) is 39.3 Å². The molecule has 1 unspecified atom stereocenters. The number of ether oxygens (including phenoxy) is 1. The Morgan fingerprint density at radius 3 is 2.62 bits per heavy atom. The second-order valence-corrected chi connectivity index (χ2v) is 4.83. The van der Waals surface area contributed by atoms with E-state index in [1.165, 1.54) is 0 Å². The number of carbonyl (C=O) groups excluding carboxylic acids is 1. The molecule has 0 aliphatic rings. The summed E-state index contributed by atoms with van der Waals surface area (Å²) in [6.07, 6.45) is 3.13. The number of alkyl carbamates (subject to hydrolysis) is 1. The highest BCUT2D eigenvalue weighted by Crippen LogP contribution is 2.11. The number of rotatable bonds is 2. The van der Waals surface area contributed by atoms with Gasteiger partial charge in [-0.25, -0.2) is 9.78 Å². The molecule has 1 amide bonds. The average molecular weight is 225 g/mol. The van der Waals surface area contributed by atoms with Gasteiger partial charge < -0.3 is 14.6 Å². The zero-order valence-electron chi connectivity index (χ0n) is 10.4. The first-order chi connectivity index (χ1) is 7.28. The zero-order valence-corrected chi connectivity index (χ0v) is 10.4. The number of nitrogens with zero attached hydrogens (tertiary/aromatic N) is 2. The predicted octanol–water partition coefficient (Wildman–Crippen LogP) is 2.01. The SMILES string of the molecule is CC(NC(=O)OC(C)(C)C)c1cn(C)cn1. The number of hydrogen-bond donors (Lipinski definition) is 1. The Hall–Kier alpha value is -1.52. The molecule has 1 N–H and O–H groups in total. The lowest BCUT2D eigenvalue weighted by Crippen LogP contribution is -2.34. The molecule has 0 aliphatic heterocycles. The molecule has 90 valence electrons. The van der Waals surface area contributed by atoms with E-state index in [1.54, 1.807) is 6.33 Å². The minimum Gasteiger partial charge on any atom is -0.444 e. The topological polar surface area (TPSA) is 56.1 Å². The van der Waals surface area contributed by atoms with Crippen LogP contribution in [0.15, 0.2) is 12.5 Å². The predicted molar refractivity (Wildman–Crippen MR) is 61.0 cm³/mol. The van der Waals surface area contributed by atoms with Gasteiger partial charge in [-0.3, -0.25) is 0 Å². The molecule has 0 saturated heterocycles. The minimum absolute atomic E-state index is 0.156. The normalized spacial score (nSPS) is 13.3. The largest absolute Gasteiger partial charge is 0.444 e. The van der Waals surface area contributed by atoms with Crippen molar-refractivity contribution in [2.75, 3.05) is 0 Å². The molecule has 1 aromatic rings. The van der Waals surface area contributed by atoms with Crippen molar-refractivity contribution in [3.63, 3.8) is 0 Å². The zero-order chi connectivity index (χ0) is 12.3. The van der Waals surface area contributed by atoms with Gasteiger partial charge in [0.25, 0.3) is 0 Å². The average Bonchev–Trinajstić information content (AvgIpc) is 2.47. The van der Waals surface area contributed by atoms with Crippen LogP contribution in [0.5, 0.6) is 0 Å². The van der Waals surface area contributed by atoms with E-state index < -0.39 is 11.7 Å². The standard InChI is InChI=1S/C11H19N3O2/c1-8(9-6-14(5)7-12-9)13-10(15)16-11(2,3)4/h6-8H,1-5H3,(H,13,15). The lowest BCUT2D eigenvalue weighted by molar-refractivity contribution is 0.0507. The van der Waals surface area contributed by atoms with Crippen molar-refractivity contribution in [1.82, 2.24) is 14.9 Å². The van der Waals surface area contributed by atoms with Crippen LogP contribution in [-0.4, -0.2) is 21.2 Å². The quantitative estimate of drug-likeness (QED) is 0.837. The van der Waals surface area contributed by atoms with E-state index in [0.29, 0.717) is 0 Å². The third-order valence-corrected chi connectivity index (χ3v) is 1.90. The molecule has 0 saturated carbocycles. The first kappa shape index (κ1) is 12.5. The van der Waals surface area contributed by atoms with Crippen molar-refractivity contribution < 1.29 is 9.53 Å². The summed E-state index contributed by atoms with van der Waals surface area (Å²) in [6, 6.07) is -0.156. The number of nitrogens with one attached hydrogen (secondary N) is 1. The maximum absolute atomic E-state index is 11.5. The van der Waals surface area contributed by atoms with E-state index in [9.17, 15) is 4.79 Å². The van der Waals surface area contributed by atoms with Gasteiger partial charge in [-0.15, -0.1) is 0 Å². The van der Waals surface area contributed by atoms with E-state index in [2.05, 4.69) is 10.3 Å². The molecule has 0 aliphatic carbocycles. The fourth-order valence-electron chi connectivity index (χ4n) is 1.21. The summed E-state index contributed by atoms with van der Waals surface area (Å²) in [5.41, 5.74) is 0.335. The third kappa shape index (κ3) is 3.92. The second-order valence-electron chi connectivity index (χ2n) is 4.83. The van der Waals surface area contributed by atoms with Crippen LogP contribution < -0.4 is 5.32 Å². The van der Waals surface area contributed by atoms with Gasteiger partial charge >= 0.3 is 6.09 Å². The highest BCUT2D eigenvalue weighted by Gasteiger charge is 2.18. The number of aromatic nitrogens is 2. The van der Waals surface area contributed by atoms with Gasteiger partial charge in [0.15, 0.2) is 0 Å². The van der Waals surface area contributed by atoms with Crippen LogP contribution in [0.4, 0.5) is 4.79 Å². The molecule has 0 spiro atoms. The highest BCUT2D eigenvalue weighted by atomic mass is 16.6. The summed E-state index contributed by atoms with van der Waals surface area (Å²) in [4.78, 5) is 15.6. The molecule has 1 heterocycles. The van der Waals surface area contributed by atoms with Crippen LogP contribution in [-0.2, 0) is 11.8 Å². The minimum atomic E-state index is -0.478. The van der Waals surface area contributed by atoms with Crippen LogP contribution in [0.3, 0.4) is 0 Å². The molecule has 5 nitrogen and oxygen atoms in total. The number of aryl methyl sites for hydroxylation is 1. The van der Waals surface area contributed by atoms with Gasteiger partial charge in [-0.2, -0.15) is 0 Å². The Morgan fingerprint density at radius 1 is 1.56 bits per heavy atom. The highest BCUT2D eigenvalue weighted by molar-refractivity contribution is 5.68. The molecule has 5 heteroatoms. The summed E-state index contributed by atoms with van der Waals surface area (Å²) >= 11 is 0. The molecule has 1 atom stereocenters. The number of imidazole rings is 1. The maximum atomic E-state index is 11.5. The number of hydrogen-bond acceptors (Lipinski definition) is 3. The van der Waals surface area contributed by atoms with Gasteiger partial charge in [0.2, 0.25) is 0 Å². The Labute approximate surface area is 95.8 Å². The van der Waals surface area contributed by atoms with Gasteiger partial charge in [0.05, 0.1) is 18.1 Å². The van der Waals surface area contributed by atoms with E-state index in [0.717, 1.165) is 5.69 Å². The van der Waals surface area contributed by atoms with Gasteiger partial charge in [0, 0.05) is 13.2 Å². The van der Waals surface area contributed by atoms with Gasteiger partial charge in [-0.1, -0.05) is 0 Å². The van der Waals surface area contributed by atoms with Crippen molar-refractivity contribution in [1.29, 1.82) is 0 Å². The Bertz CT molecular complexity index is 366. The number of carbonyl (C=O) groups is 1. The molecule has 1 aromatic heterocycles. The number of amides is 1. The van der Waals surface area contributed by atoms with E-state index >= 15 is 0 Å². The van der Waals surface area contributed by atoms with Crippen molar-refractivity contribution >= 4 is 6.09 Å². The third-order valence-electron chi connectivity index (χ3n) is 1.90. The monoisotopic (exact) mass is 225 g/mol. The van der Waals surface area contributed by atoms with Gasteiger partial charge in [-0.05, 0) is 27.7 Å². The van der Waals surface area contributed by atoms with Crippen LogP contribution in [0, 0.1) is 0 Å². The first-order valence-electron chi connectivity index (χ1n) is 5.25. The molecular formula is C11H19N3O2. The second kappa shape index (κ2) is 4.55. The fourth-order valence-corrected chi connectivity index (χ4v) is 1.21. The van der Waals surface area contributed by atoms with Gasteiger partial charge in [0.1, 0.15) is 5.60 Å². The molecule has 0 bridgehead atoms. The summed E-state index contributed by atoms with van der Waals surface area (Å²) in [7, 11) is 1.89. The summed E-state index contributed by atoms with van der Waals surface area (Å²) in [6.45, 7) is 7.36. The van der Waals surface area contributed by atoms with E-state index in [1.807, 2.05) is 45.5 Å². The van der Waals surface area contributed by atoms with Crippen LogP contribution in [0.25, 0.3) is 0 Å². The lowest BCUT2D eigenvalue weighted by Gasteiger charge is -2.21. The van der Waals surface area contributed by atoms with Crippen LogP contribution in [0.1, 0.15) is 39.4 Å². The van der Waals surface area contributed by atoms with Crippen LogP contribution in [0.2, 0.25) is 0 Å². The van der Waals surface area contributed by atoms with Crippen molar-refractivity contribution in [3.05, 3.63) is 18.2 Å².